The van der Waals surface area contributed by atoms with Gasteiger partial charge in [-0.3, -0.25) is 4.79 Å². The molecule has 0 saturated heterocycles. The lowest BCUT2D eigenvalue weighted by Gasteiger charge is -2.27. The van der Waals surface area contributed by atoms with Gasteiger partial charge >= 0.3 is 6.18 Å². The van der Waals surface area contributed by atoms with Crippen LogP contribution in [-0.4, -0.2) is 32.1 Å². The molecule has 28 heavy (non-hydrogen) atoms. The molecule has 0 N–H and O–H groups in total. The summed E-state index contributed by atoms with van der Waals surface area (Å²) in [6, 6.07) is 1.22. The highest BCUT2D eigenvalue weighted by Crippen LogP contribution is 2.29. The Labute approximate surface area is 155 Å². The van der Waals surface area contributed by atoms with E-state index in [1.54, 1.807) is 0 Å². The Bertz CT molecular complexity index is 921. The minimum Gasteiger partial charge on any atom is -0.330 e. The van der Waals surface area contributed by atoms with E-state index in [0.29, 0.717) is 6.07 Å². The predicted molar refractivity (Wildman–Crippen MR) is 84.2 cm³/mol. The van der Waals surface area contributed by atoms with Gasteiger partial charge in [0, 0.05) is 19.2 Å². The van der Waals surface area contributed by atoms with Crippen molar-refractivity contribution in [3.05, 3.63) is 58.9 Å². The maximum absolute atomic E-state index is 13.5. The number of aryl methyl sites for hydroxylation is 1. The highest BCUT2D eigenvalue weighted by Gasteiger charge is 2.39. The van der Waals surface area contributed by atoms with Crippen LogP contribution in [0.25, 0.3) is 0 Å². The average Bonchev–Trinajstić information content (AvgIpc) is 3.06. The second-order valence-electron chi connectivity index (χ2n) is 6.15. The smallest absolute Gasteiger partial charge is 0.330 e. The zero-order chi connectivity index (χ0) is 20.5. The van der Waals surface area contributed by atoms with Gasteiger partial charge in [-0.15, -0.1) is 10.2 Å². The van der Waals surface area contributed by atoms with Gasteiger partial charge in [-0.25, -0.2) is 13.2 Å². The number of alkyl halides is 3. The molecule has 0 atom stereocenters. The number of hydrogen-bond acceptors (Lipinski definition) is 3. The zero-order valence-electron chi connectivity index (χ0n) is 14.3. The summed E-state index contributed by atoms with van der Waals surface area (Å²) in [6.45, 7) is -0.157. The third-order valence-electron chi connectivity index (χ3n) is 4.25. The normalized spacial score (nSPS) is 14.6. The lowest BCUT2D eigenvalue weighted by Crippen LogP contribution is -2.38. The van der Waals surface area contributed by atoms with Crippen molar-refractivity contribution in [2.24, 2.45) is 0 Å². The van der Waals surface area contributed by atoms with E-state index in [-0.39, 0.29) is 43.9 Å². The van der Waals surface area contributed by atoms with E-state index >= 15 is 0 Å². The molecule has 5 nitrogen and oxygen atoms in total. The number of hydrogen-bond donors (Lipinski definition) is 0. The van der Waals surface area contributed by atoms with Crippen molar-refractivity contribution in [2.45, 2.75) is 32.1 Å². The molecule has 0 saturated carbocycles. The van der Waals surface area contributed by atoms with E-state index in [2.05, 4.69) is 10.2 Å². The van der Waals surface area contributed by atoms with Gasteiger partial charge in [0.25, 0.3) is 0 Å². The number of amides is 1. The van der Waals surface area contributed by atoms with Crippen molar-refractivity contribution in [1.29, 1.82) is 0 Å². The van der Waals surface area contributed by atoms with Crippen molar-refractivity contribution in [1.82, 2.24) is 19.7 Å². The van der Waals surface area contributed by atoms with Crippen LogP contribution < -0.4 is 0 Å². The number of halogens is 6. The molecule has 2 heterocycles. The van der Waals surface area contributed by atoms with E-state index in [4.69, 9.17) is 0 Å². The first-order chi connectivity index (χ1) is 13.2. The number of carbonyl (C=O) groups excluding carboxylic acids is 1. The summed E-state index contributed by atoms with van der Waals surface area (Å²) in [6.07, 6.45) is -1.74. The number of rotatable bonds is 4. The lowest BCUT2D eigenvalue weighted by molar-refractivity contribution is -0.148. The van der Waals surface area contributed by atoms with E-state index in [9.17, 15) is 31.1 Å². The Morgan fingerprint density at radius 1 is 1.07 bits per heavy atom. The standard InChI is InChI=1S/C17H14F6N4O/c18-11-8-13(20)12(19)7-10(11)3-1-2-4-15(28)26-5-6-27-14(9-26)24-25-16(27)17(21,22)23/h2,4,7-8H,1,3,5-6,9H2. The Kier molecular flexibility index (Phi) is 5.43. The molecule has 1 aromatic heterocycles. The van der Waals surface area contributed by atoms with Crippen LogP contribution in [0.2, 0.25) is 0 Å². The van der Waals surface area contributed by atoms with Gasteiger partial charge in [0.2, 0.25) is 11.7 Å². The molecule has 11 heteroatoms. The fourth-order valence-electron chi connectivity index (χ4n) is 2.84. The molecule has 1 aliphatic rings. The molecule has 3 rings (SSSR count). The molecule has 2 aromatic rings. The minimum atomic E-state index is -4.62. The average molecular weight is 404 g/mol. The quantitative estimate of drug-likeness (QED) is 0.447. The molecular formula is C17H14F6N4O. The van der Waals surface area contributed by atoms with Gasteiger partial charge < -0.3 is 9.47 Å². The summed E-state index contributed by atoms with van der Waals surface area (Å²) in [4.78, 5) is 13.5. The first-order valence-corrected chi connectivity index (χ1v) is 8.25. The SMILES string of the molecule is O=C(C=CCCc1cc(F)c(F)cc1F)N1CCn2c(nnc2C(F)(F)F)C1. The van der Waals surface area contributed by atoms with Crippen molar-refractivity contribution in [3.63, 3.8) is 0 Å². The van der Waals surface area contributed by atoms with Gasteiger partial charge in [-0.1, -0.05) is 6.08 Å². The highest BCUT2D eigenvalue weighted by atomic mass is 19.4. The minimum absolute atomic E-state index is 0.0262. The van der Waals surface area contributed by atoms with Crippen LogP contribution in [0.4, 0.5) is 26.3 Å². The van der Waals surface area contributed by atoms with Crippen LogP contribution in [0.1, 0.15) is 23.6 Å². The third kappa shape index (κ3) is 4.18. The lowest BCUT2D eigenvalue weighted by atomic mass is 10.1. The highest BCUT2D eigenvalue weighted by molar-refractivity contribution is 5.87. The molecule has 0 aliphatic carbocycles. The first kappa shape index (κ1) is 19.9. The fourth-order valence-corrected chi connectivity index (χ4v) is 2.84. The second kappa shape index (κ2) is 7.64. The number of allylic oxidation sites excluding steroid dienone is 1. The van der Waals surface area contributed by atoms with Gasteiger partial charge in [0.05, 0.1) is 6.54 Å². The third-order valence-corrected chi connectivity index (χ3v) is 4.25. The summed E-state index contributed by atoms with van der Waals surface area (Å²) in [7, 11) is 0. The van der Waals surface area contributed by atoms with E-state index in [0.717, 1.165) is 10.6 Å². The van der Waals surface area contributed by atoms with Gasteiger partial charge in [0.1, 0.15) is 5.82 Å². The van der Waals surface area contributed by atoms with Crippen molar-refractivity contribution < 1.29 is 31.1 Å². The van der Waals surface area contributed by atoms with Crippen LogP contribution in [0, 0.1) is 17.5 Å². The monoisotopic (exact) mass is 404 g/mol. The summed E-state index contributed by atoms with van der Waals surface area (Å²) in [5, 5.41) is 6.62. The van der Waals surface area contributed by atoms with Crippen LogP contribution >= 0.6 is 0 Å². The summed E-state index contributed by atoms with van der Waals surface area (Å²) in [5.74, 6) is -4.84. The summed E-state index contributed by atoms with van der Waals surface area (Å²) in [5.41, 5.74) is -0.0262. The van der Waals surface area contributed by atoms with E-state index < -0.39 is 35.4 Å². The number of carbonyl (C=O) groups is 1. The molecule has 0 radical (unpaired) electrons. The Morgan fingerprint density at radius 2 is 1.79 bits per heavy atom. The molecule has 0 spiro atoms. The maximum atomic E-state index is 13.5. The van der Waals surface area contributed by atoms with E-state index in [1.165, 1.54) is 17.1 Å². The Morgan fingerprint density at radius 3 is 2.50 bits per heavy atom. The van der Waals surface area contributed by atoms with Crippen molar-refractivity contribution in [2.75, 3.05) is 6.54 Å². The van der Waals surface area contributed by atoms with Gasteiger partial charge in [-0.05, 0) is 30.5 Å². The fraction of sp³-hybridized carbons (Fsp3) is 0.353. The van der Waals surface area contributed by atoms with E-state index in [1.807, 2.05) is 0 Å². The Balaban J connectivity index is 1.57. The second-order valence-corrected chi connectivity index (χ2v) is 6.15. The number of aromatic nitrogens is 3. The predicted octanol–water partition coefficient (Wildman–Crippen LogP) is 3.25. The van der Waals surface area contributed by atoms with Gasteiger partial charge in [-0.2, -0.15) is 13.2 Å². The Hall–Kier alpha value is -2.85. The zero-order valence-corrected chi connectivity index (χ0v) is 14.3. The first-order valence-electron chi connectivity index (χ1n) is 8.25. The van der Waals surface area contributed by atoms with Crippen LogP contribution in [0.15, 0.2) is 24.3 Å². The largest absolute Gasteiger partial charge is 0.451 e. The number of fused-ring (bicyclic) bond motifs is 1. The number of nitrogens with zero attached hydrogens (tertiary/aromatic N) is 4. The molecule has 1 amide bonds. The molecular weight excluding hydrogens is 390 g/mol. The van der Waals surface area contributed by atoms with Crippen LogP contribution in [0.5, 0.6) is 0 Å². The van der Waals surface area contributed by atoms with Crippen molar-refractivity contribution >= 4 is 5.91 Å². The van der Waals surface area contributed by atoms with Crippen LogP contribution in [0.3, 0.4) is 0 Å². The number of benzene rings is 1. The van der Waals surface area contributed by atoms with Gasteiger partial charge in [0.15, 0.2) is 17.5 Å². The topological polar surface area (TPSA) is 51.0 Å². The van der Waals surface area contributed by atoms with Crippen LogP contribution in [-0.2, 0) is 30.5 Å². The molecule has 0 bridgehead atoms. The van der Waals surface area contributed by atoms with Crippen molar-refractivity contribution in [3.8, 4) is 0 Å². The molecule has 150 valence electrons. The molecule has 0 fully saturated rings. The summed E-state index contributed by atoms with van der Waals surface area (Å²) < 4.78 is 78.9. The molecule has 0 unspecified atom stereocenters. The summed E-state index contributed by atoms with van der Waals surface area (Å²) >= 11 is 0. The molecule has 1 aromatic carbocycles. The molecule has 1 aliphatic heterocycles. The maximum Gasteiger partial charge on any atom is 0.451 e.